The fourth-order valence-corrected chi connectivity index (χ4v) is 22.4. The molecular weight excluding hydrogens is 1650 g/mol. The average Bonchev–Trinajstić information content (AvgIpc) is 0.838. The summed E-state index contributed by atoms with van der Waals surface area (Å²) in [4.78, 5) is 89.2. The number of esters is 6. The summed E-state index contributed by atoms with van der Waals surface area (Å²) in [5, 5.41) is 66.6. The lowest BCUT2D eigenvalue weighted by atomic mass is 9.76. The molecule has 29 heteroatoms. The van der Waals surface area contributed by atoms with Crippen molar-refractivity contribution in [2.75, 3.05) is 102 Å². The zero-order valence-corrected chi connectivity index (χ0v) is 78.3. The molecule has 15 unspecified atom stereocenters. The van der Waals surface area contributed by atoms with E-state index < -0.39 is 75.7 Å². The first kappa shape index (κ1) is 102. The minimum Gasteiger partial charge on any atom is -0.462 e. The summed E-state index contributed by atoms with van der Waals surface area (Å²) in [6.45, 7) is 8.26. The molecule has 16 rings (SSSR count). The van der Waals surface area contributed by atoms with Crippen LogP contribution in [-0.2, 0) is 79.2 Å². The predicted molar refractivity (Wildman–Crippen MR) is 476 cm³/mol. The number of alkyl halides is 3. The molecule has 3 aromatic carbocycles. The number of hydrogen-bond acceptors (Lipinski definition) is 26. The van der Waals surface area contributed by atoms with Crippen molar-refractivity contribution in [3.8, 4) is 0 Å². The molecular formula is C99H151F3N6O20. The molecule has 15 atom stereocenters. The summed E-state index contributed by atoms with van der Waals surface area (Å²) in [5.41, 5.74) is -3.67. The van der Waals surface area contributed by atoms with Gasteiger partial charge in [0.05, 0.1) is 70.1 Å². The molecule has 26 nitrogen and oxygen atoms in total. The second-order valence-corrected chi connectivity index (χ2v) is 41.4. The number of carbonyl (C=O) groups is 6. The quantitative estimate of drug-likeness (QED) is 0.0275. The number of halogens is 3. The molecule has 0 amide bonds. The first-order valence-corrected chi connectivity index (χ1v) is 47.3. The van der Waals surface area contributed by atoms with E-state index in [-0.39, 0.29) is 93.6 Å². The first-order chi connectivity index (χ1) is 60.7. The van der Waals surface area contributed by atoms with Crippen LogP contribution in [0.4, 0.5) is 13.2 Å². The van der Waals surface area contributed by atoms with E-state index in [9.17, 15) is 77.7 Å². The number of hydrogen-bond donors (Lipinski definition) is 7. The van der Waals surface area contributed by atoms with Crippen molar-refractivity contribution in [2.24, 2.45) is 27.6 Å². The maximum atomic E-state index is 13.6. The highest BCUT2D eigenvalue weighted by atomic mass is 19.4. The molecule has 7 N–H and O–H groups in total. The summed E-state index contributed by atoms with van der Waals surface area (Å²) >= 11 is 0. The molecule has 13 fully saturated rings. The van der Waals surface area contributed by atoms with Crippen LogP contribution in [0.2, 0.25) is 0 Å². The molecule has 13 aliphatic rings. The smallest absolute Gasteiger partial charge is 0.390 e. The van der Waals surface area contributed by atoms with E-state index >= 15 is 0 Å². The predicted octanol–water partition coefficient (Wildman–Crippen LogP) is 10.4. The Morgan fingerprint density at radius 1 is 0.344 bits per heavy atom. The van der Waals surface area contributed by atoms with Crippen molar-refractivity contribution in [3.63, 3.8) is 0 Å². The Hall–Kier alpha value is -6.29. The number of fused-ring (bicyclic) bond motifs is 12. The van der Waals surface area contributed by atoms with Crippen LogP contribution >= 0.6 is 0 Å². The monoisotopic (exact) mass is 1800 g/mol. The van der Waals surface area contributed by atoms with Gasteiger partial charge in [0, 0.05) is 79.6 Å². The number of carbonyl (C=O) groups excluding carboxylic acids is 6. The largest absolute Gasteiger partial charge is 0.462 e. The maximum absolute atomic E-state index is 13.6. The third-order valence-electron chi connectivity index (χ3n) is 31.7. The van der Waals surface area contributed by atoms with E-state index in [0.717, 1.165) is 107 Å². The lowest BCUT2D eigenvalue weighted by Crippen LogP contribution is -2.49. The van der Waals surface area contributed by atoms with E-state index in [0.29, 0.717) is 104 Å². The third kappa shape index (κ3) is 24.4. The number of benzene rings is 3. The molecule has 0 spiro atoms. The molecule has 12 saturated heterocycles. The van der Waals surface area contributed by atoms with Crippen molar-refractivity contribution in [1.82, 2.24) is 29.4 Å². The number of aliphatic hydroxyl groups is 7. The van der Waals surface area contributed by atoms with Crippen LogP contribution in [0.1, 0.15) is 230 Å². The number of aliphatic hydroxyl groups excluding tert-OH is 7. The van der Waals surface area contributed by atoms with E-state index in [1.54, 1.807) is 25.3 Å². The average molecular weight is 1800 g/mol. The van der Waals surface area contributed by atoms with Gasteiger partial charge in [-0.1, -0.05) is 90.5 Å². The minimum absolute atomic E-state index is 0.0609. The van der Waals surface area contributed by atoms with E-state index in [2.05, 4.69) is 70.7 Å². The van der Waals surface area contributed by atoms with Crippen LogP contribution in [-0.4, -0.2) is 319 Å². The standard InChI is InChI=1S/C25H31NO3.C19H24F3NO3.C15H25NO3.C14H25NO3.2C13H23NO4/c1-18-7-6-8-19(13-18)16-25(17-27,20-9-4-3-5-10-20)24(28)29-23-14-21-11-12-22(15-23)26(21)2;1-23-14-7-8-15(23)10-16(9-14)26-17(25)18(12-24,11-19(20,21)22)13-5-3-2-4-6-13;1-15(9-17,10-3-4-10)14(18)19-13-7-11-5-6-12(8-13)16(11)2;1-14(2,9-17-4)13(16)18-12-7-10-5-6-11(8-12)15(10)3;2*1-13(7-15,8-16)12(17)18-11-5-9-3-4-10(6-11)14(9)2/h3-10,13,21-23,27H,11-12,14-17H2,1-2H3;2-6,14-16,24H,7-12H2,1H3;10-13,17H,3-9H2,1-2H3;10-12H,5-9H2,1-4H3;2*9-11,15-16H,3-8H2,1-2H3. The van der Waals surface area contributed by atoms with Crippen molar-refractivity contribution in [1.29, 1.82) is 0 Å². The SMILES string of the molecule is CN1C2CCC1CC(OC(=O)C(C)(CO)C1CC1)C2.CN1C2CCC1CC(OC(=O)C(C)(CO)CO)C2.CN1C2CCC1CC(OC(=O)C(C)(CO)CO)C2.CN1C2CCC1CC(OC(=O)C(CO)(CC(F)(F)F)c1ccccc1)C2.COCC(C)(C)C(=O)OC1CC2CCC(C1)N2C.Cc1cccc(CC(CO)(C(=O)OC2CC3CCC(C2)N3C)c2ccccc2)c1. The van der Waals surface area contributed by atoms with Gasteiger partial charge in [-0.2, -0.15) is 13.2 Å². The van der Waals surface area contributed by atoms with E-state index in [1.165, 1.54) is 90.2 Å². The number of piperidine rings is 6. The second kappa shape index (κ2) is 44.3. The molecule has 128 heavy (non-hydrogen) atoms. The van der Waals surface area contributed by atoms with Crippen LogP contribution in [0.5, 0.6) is 0 Å². The van der Waals surface area contributed by atoms with Gasteiger partial charge in [0.2, 0.25) is 0 Å². The van der Waals surface area contributed by atoms with Gasteiger partial charge in [-0.05, 0) is 280 Å². The van der Waals surface area contributed by atoms with E-state index in [4.69, 9.17) is 33.2 Å². The number of nitrogens with zero attached hydrogens (tertiary/aromatic N) is 6. The van der Waals surface area contributed by atoms with E-state index in [1.807, 2.05) is 83.3 Å². The maximum Gasteiger partial charge on any atom is 0.390 e. The lowest BCUT2D eigenvalue weighted by Gasteiger charge is -2.38. The third-order valence-corrected chi connectivity index (χ3v) is 31.7. The zero-order chi connectivity index (χ0) is 93.0. The molecule has 1 aliphatic carbocycles. The minimum atomic E-state index is -4.61. The van der Waals surface area contributed by atoms with Gasteiger partial charge in [-0.3, -0.25) is 28.8 Å². The molecule has 1 saturated carbocycles. The van der Waals surface area contributed by atoms with Crippen molar-refractivity contribution >= 4 is 35.8 Å². The number of aryl methyl sites for hydroxylation is 1. The fraction of sp³-hybridized carbons (Fsp3) is 0.758. The summed E-state index contributed by atoms with van der Waals surface area (Å²) in [6, 6.07) is 31.4. The van der Waals surface area contributed by atoms with Crippen LogP contribution < -0.4 is 0 Å². The van der Waals surface area contributed by atoms with Gasteiger partial charge in [-0.25, -0.2) is 0 Å². The van der Waals surface area contributed by atoms with Crippen molar-refractivity contribution < 1.29 is 111 Å². The Bertz CT molecular complexity index is 3940. The molecule has 12 bridgehead atoms. The molecule has 0 aromatic heterocycles. The van der Waals surface area contributed by atoms with Crippen LogP contribution in [0.15, 0.2) is 84.9 Å². The molecule has 3 aromatic rings. The number of rotatable bonds is 27. The lowest BCUT2D eigenvalue weighted by molar-refractivity contribution is -0.181. The van der Waals surface area contributed by atoms with Crippen LogP contribution in [0.3, 0.4) is 0 Å². The van der Waals surface area contributed by atoms with Crippen molar-refractivity contribution in [3.05, 3.63) is 107 Å². The van der Waals surface area contributed by atoms with Gasteiger partial charge in [-0.15, -0.1) is 0 Å². The van der Waals surface area contributed by atoms with Crippen LogP contribution in [0, 0.1) is 34.5 Å². The Balaban J connectivity index is 0.000000150. The second-order valence-electron chi connectivity index (χ2n) is 41.4. The van der Waals surface area contributed by atoms with Gasteiger partial charge < -0.3 is 98.3 Å². The molecule has 0 radical (unpaired) electrons. The normalized spacial score (nSPS) is 31.1. The summed E-state index contributed by atoms with van der Waals surface area (Å²) in [6.07, 6.45) is 20.5. The van der Waals surface area contributed by atoms with Gasteiger partial charge >= 0.3 is 42.0 Å². The highest BCUT2D eigenvalue weighted by molar-refractivity contribution is 5.85. The molecule has 12 aliphatic heterocycles. The van der Waals surface area contributed by atoms with Crippen molar-refractivity contribution in [2.45, 2.75) is 347 Å². The summed E-state index contributed by atoms with van der Waals surface area (Å²) in [5.74, 6) is -2.24. The first-order valence-electron chi connectivity index (χ1n) is 47.3. The highest BCUT2D eigenvalue weighted by Gasteiger charge is 2.55. The Morgan fingerprint density at radius 3 is 0.875 bits per heavy atom. The molecule has 12 heterocycles. The topological polar surface area (TPSA) is 328 Å². The Morgan fingerprint density at radius 2 is 0.617 bits per heavy atom. The fourth-order valence-electron chi connectivity index (χ4n) is 22.4. The number of methoxy groups -OCH3 is 1. The number of ether oxygens (including phenoxy) is 7. The zero-order valence-electron chi connectivity index (χ0n) is 78.3. The molecule has 718 valence electrons. The van der Waals surface area contributed by atoms with Gasteiger partial charge in [0.25, 0.3) is 0 Å². The van der Waals surface area contributed by atoms with Gasteiger partial charge in [0.15, 0.2) is 0 Å². The van der Waals surface area contributed by atoms with Crippen LogP contribution in [0.25, 0.3) is 0 Å². The van der Waals surface area contributed by atoms with Gasteiger partial charge in [0.1, 0.15) is 58.3 Å². The summed E-state index contributed by atoms with van der Waals surface area (Å²) < 4.78 is 78.8. The Labute approximate surface area is 756 Å². The summed E-state index contributed by atoms with van der Waals surface area (Å²) in [7, 11) is 14.5. The Kier molecular flexibility index (Phi) is 35.3. The highest BCUT2D eigenvalue weighted by Crippen LogP contribution is 2.49.